The van der Waals surface area contributed by atoms with Gasteiger partial charge < -0.3 is 0 Å². The Morgan fingerprint density at radius 2 is 1.42 bits per heavy atom. The van der Waals surface area contributed by atoms with E-state index in [1.807, 2.05) is 12.1 Å². The first-order chi connectivity index (χ1) is 9.20. The van der Waals surface area contributed by atoms with Crippen molar-refractivity contribution in [2.45, 2.75) is 36.9 Å². The molecular formula is C17H20BrF. The van der Waals surface area contributed by atoms with Crippen LogP contribution >= 0.6 is 15.9 Å². The van der Waals surface area contributed by atoms with E-state index in [0.29, 0.717) is 4.83 Å². The van der Waals surface area contributed by atoms with Gasteiger partial charge in [-0.1, -0.05) is 28.1 Å². The van der Waals surface area contributed by atoms with Crippen LogP contribution in [-0.2, 0) is 0 Å². The van der Waals surface area contributed by atoms with Crippen LogP contribution < -0.4 is 0 Å². The maximum atomic E-state index is 13.1. The van der Waals surface area contributed by atoms with Crippen LogP contribution in [0.15, 0.2) is 24.3 Å². The van der Waals surface area contributed by atoms with Crippen molar-refractivity contribution in [3.05, 3.63) is 35.6 Å². The molecule has 1 aromatic rings. The number of hydrogen-bond acceptors (Lipinski definition) is 0. The fourth-order valence-electron chi connectivity index (χ4n) is 5.31. The number of hydrogen-bond donors (Lipinski definition) is 0. The average Bonchev–Trinajstić information content (AvgIpc) is 2.38. The zero-order valence-electron chi connectivity index (χ0n) is 11.1. The van der Waals surface area contributed by atoms with Crippen molar-refractivity contribution in [1.29, 1.82) is 0 Å². The van der Waals surface area contributed by atoms with E-state index in [4.69, 9.17) is 0 Å². The molecule has 1 atom stereocenters. The lowest BCUT2D eigenvalue weighted by Crippen LogP contribution is -2.46. The molecule has 4 aliphatic carbocycles. The van der Waals surface area contributed by atoms with Gasteiger partial charge in [0.25, 0.3) is 0 Å². The molecule has 0 amide bonds. The molecule has 0 aromatic heterocycles. The van der Waals surface area contributed by atoms with Crippen molar-refractivity contribution in [3.63, 3.8) is 0 Å². The molecule has 0 heterocycles. The molecule has 0 radical (unpaired) electrons. The highest BCUT2D eigenvalue weighted by Gasteiger charge is 2.50. The Balaban J connectivity index is 1.60. The Morgan fingerprint density at radius 3 is 1.95 bits per heavy atom. The topological polar surface area (TPSA) is 0 Å². The molecular weight excluding hydrogens is 303 g/mol. The van der Waals surface area contributed by atoms with E-state index >= 15 is 0 Å². The summed E-state index contributed by atoms with van der Waals surface area (Å²) in [6, 6.07) is 7.11. The standard InChI is InChI=1S/C17H20BrF/c18-17(12-1-3-15(19)4-2-12)16-13-6-10-5-11(8-13)9-14(16)7-10/h1-4,10-11,13-14,16-17H,5-9H2. The molecule has 0 saturated heterocycles. The van der Waals surface area contributed by atoms with E-state index in [9.17, 15) is 4.39 Å². The predicted molar refractivity (Wildman–Crippen MR) is 78.6 cm³/mol. The van der Waals surface area contributed by atoms with Gasteiger partial charge >= 0.3 is 0 Å². The molecule has 0 spiro atoms. The van der Waals surface area contributed by atoms with E-state index in [2.05, 4.69) is 15.9 Å². The van der Waals surface area contributed by atoms with Crippen molar-refractivity contribution in [2.24, 2.45) is 29.6 Å². The van der Waals surface area contributed by atoms with Crippen molar-refractivity contribution in [1.82, 2.24) is 0 Å². The van der Waals surface area contributed by atoms with Crippen LogP contribution in [0.5, 0.6) is 0 Å². The quantitative estimate of drug-likeness (QED) is 0.645. The third-order valence-electron chi connectivity index (χ3n) is 5.83. The van der Waals surface area contributed by atoms with E-state index < -0.39 is 0 Å². The minimum Gasteiger partial charge on any atom is -0.207 e. The van der Waals surface area contributed by atoms with Crippen LogP contribution in [0.4, 0.5) is 4.39 Å². The first kappa shape index (κ1) is 12.4. The van der Waals surface area contributed by atoms with Crippen LogP contribution in [0.3, 0.4) is 0 Å². The molecule has 0 aliphatic heterocycles. The molecule has 4 fully saturated rings. The summed E-state index contributed by atoms with van der Waals surface area (Å²) >= 11 is 3.94. The lowest BCUT2D eigenvalue weighted by molar-refractivity contribution is -0.0364. The molecule has 0 N–H and O–H groups in total. The molecule has 2 heteroatoms. The SMILES string of the molecule is Fc1ccc(C(Br)C2C3CC4CC(C3)CC2C4)cc1. The molecule has 1 aromatic carbocycles. The van der Waals surface area contributed by atoms with Crippen LogP contribution in [-0.4, -0.2) is 0 Å². The summed E-state index contributed by atoms with van der Waals surface area (Å²) in [7, 11) is 0. The van der Waals surface area contributed by atoms with Gasteiger partial charge in [-0.2, -0.15) is 0 Å². The Labute approximate surface area is 122 Å². The lowest BCUT2D eigenvalue weighted by atomic mass is 9.51. The van der Waals surface area contributed by atoms with E-state index in [0.717, 1.165) is 29.6 Å². The number of alkyl halides is 1. The zero-order chi connectivity index (χ0) is 13.0. The minimum absolute atomic E-state index is 0.131. The van der Waals surface area contributed by atoms with Crippen molar-refractivity contribution in [3.8, 4) is 0 Å². The van der Waals surface area contributed by atoms with Gasteiger partial charge in [0, 0.05) is 4.83 Å². The fraction of sp³-hybridized carbons (Fsp3) is 0.647. The molecule has 5 rings (SSSR count). The monoisotopic (exact) mass is 322 g/mol. The summed E-state index contributed by atoms with van der Waals surface area (Å²) in [6.45, 7) is 0. The van der Waals surface area contributed by atoms with Gasteiger partial charge in [-0.15, -0.1) is 0 Å². The molecule has 0 nitrogen and oxygen atoms in total. The van der Waals surface area contributed by atoms with Gasteiger partial charge in [0.1, 0.15) is 5.82 Å². The summed E-state index contributed by atoms with van der Waals surface area (Å²) in [5, 5.41) is 0. The van der Waals surface area contributed by atoms with Gasteiger partial charge in [-0.05, 0) is 79.4 Å². The van der Waals surface area contributed by atoms with Gasteiger partial charge in [0.15, 0.2) is 0 Å². The van der Waals surface area contributed by atoms with Crippen LogP contribution in [0, 0.1) is 35.4 Å². The number of rotatable bonds is 2. The van der Waals surface area contributed by atoms with E-state index in [1.165, 1.54) is 37.7 Å². The summed E-state index contributed by atoms with van der Waals surface area (Å²) in [6.07, 6.45) is 7.28. The van der Waals surface area contributed by atoms with Crippen LogP contribution in [0.25, 0.3) is 0 Å². The highest BCUT2D eigenvalue weighted by molar-refractivity contribution is 9.09. The van der Waals surface area contributed by atoms with Crippen molar-refractivity contribution >= 4 is 15.9 Å². The van der Waals surface area contributed by atoms with Crippen molar-refractivity contribution < 1.29 is 4.39 Å². The zero-order valence-corrected chi connectivity index (χ0v) is 12.7. The second kappa shape index (κ2) is 4.58. The van der Waals surface area contributed by atoms with Gasteiger partial charge in [0.2, 0.25) is 0 Å². The predicted octanol–water partition coefficient (Wildman–Crippen LogP) is 5.33. The Morgan fingerprint density at radius 1 is 0.895 bits per heavy atom. The average molecular weight is 323 g/mol. The smallest absolute Gasteiger partial charge is 0.123 e. The van der Waals surface area contributed by atoms with Gasteiger partial charge in [-0.25, -0.2) is 4.39 Å². The molecule has 19 heavy (non-hydrogen) atoms. The van der Waals surface area contributed by atoms with Gasteiger partial charge in [0.05, 0.1) is 0 Å². The first-order valence-electron chi connectivity index (χ1n) is 7.60. The second-order valence-corrected chi connectivity index (χ2v) is 7.95. The van der Waals surface area contributed by atoms with E-state index in [-0.39, 0.29) is 5.82 Å². The minimum atomic E-state index is -0.131. The molecule has 1 unspecified atom stereocenters. The summed E-state index contributed by atoms with van der Waals surface area (Å²) in [5.74, 6) is 4.50. The van der Waals surface area contributed by atoms with Crippen LogP contribution in [0.2, 0.25) is 0 Å². The highest BCUT2D eigenvalue weighted by Crippen LogP contribution is 2.60. The fourth-order valence-corrected chi connectivity index (χ4v) is 6.48. The third-order valence-corrected chi connectivity index (χ3v) is 6.97. The number of halogens is 2. The van der Waals surface area contributed by atoms with Crippen molar-refractivity contribution in [2.75, 3.05) is 0 Å². The normalized spacial score (nSPS) is 41.5. The second-order valence-electron chi connectivity index (χ2n) is 6.96. The molecule has 102 valence electrons. The molecule has 4 saturated carbocycles. The van der Waals surface area contributed by atoms with E-state index in [1.54, 1.807) is 12.1 Å². The van der Waals surface area contributed by atoms with Crippen LogP contribution in [0.1, 0.15) is 42.5 Å². The number of benzene rings is 1. The highest BCUT2D eigenvalue weighted by atomic mass is 79.9. The largest absolute Gasteiger partial charge is 0.207 e. The summed E-state index contributed by atoms with van der Waals surface area (Å²) in [4.78, 5) is 0.420. The Bertz CT molecular complexity index is 439. The maximum absolute atomic E-state index is 13.1. The molecule has 4 bridgehead atoms. The summed E-state index contributed by atoms with van der Waals surface area (Å²) in [5.41, 5.74) is 1.26. The first-order valence-corrected chi connectivity index (χ1v) is 8.52. The van der Waals surface area contributed by atoms with Gasteiger partial charge in [-0.3, -0.25) is 0 Å². The Hall–Kier alpha value is -0.370. The molecule has 4 aliphatic rings. The third kappa shape index (κ3) is 2.07. The maximum Gasteiger partial charge on any atom is 0.123 e. The lowest BCUT2D eigenvalue weighted by Gasteiger charge is -2.55. The summed E-state index contributed by atoms with van der Waals surface area (Å²) < 4.78 is 13.1. The Kier molecular flexibility index (Phi) is 2.98.